The van der Waals surface area contributed by atoms with Crippen LogP contribution in [-0.2, 0) is 4.79 Å². The lowest BCUT2D eigenvalue weighted by Gasteiger charge is -2.20. The van der Waals surface area contributed by atoms with Crippen molar-refractivity contribution in [3.63, 3.8) is 0 Å². The minimum absolute atomic E-state index is 0.0203. The fraction of sp³-hybridized carbons (Fsp3) is 0.769. The molecule has 0 aromatic heterocycles. The van der Waals surface area contributed by atoms with Crippen molar-refractivity contribution in [2.75, 3.05) is 6.61 Å². The summed E-state index contributed by atoms with van der Waals surface area (Å²) in [5.74, 6) is -0.350. The molecule has 0 spiro atoms. The molecule has 5 nitrogen and oxygen atoms in total. The lowest BCUT2D eigenvalue weighted by Crippen LogP contribution is -2.45. The third-order valence-electron chi connectivity index (χ3n) is 8.07. The fourth-order valence-electron chi connectivity index (χ4n) is 5.19. The molecule has 1 amide bonds. The van der Waals surface area contributed by atoms with E-state index in [4.69, 9.17) is 0 Å². The molecule has 0 heterocycles. The van der Waals surface area contributed by atoms with Gasteiger partial charge >= 0.3 is 0 Å². The zero-order valence-corrected chi connectivity index (χ0v) is 28.8. The Balaban J connectivity index is 3.87. The molecule has 256 valence electrons. The Kier molecular flexibility index (Phi) is 32.9. The maximum atomic E-state index is 12.3. The molecule has 0 aliphatic carbocycles. The van der Waals surface area contributed by atoms with Crippen LogP contribution in [0.4, 0.5) is 0 Å². The molecule has 5 heteroatoms. The fourth-order valence-corrected chi connectivity index (χ4v) is 5.19. The molecule has 0 saturated heterocycles. The van der Waals surface area contributed by atoms with Gasteiger partial charge in [0.1, 0.15) is 0 Å². The second-order valence-electron chi connectivity index (χ2n) is 12.5. The third kappa shape index (κ3) is 30.3. The Morgan fingerprint density at radius 2 is 0.977 bits per heavy atom. The quantitative estimate of drug-likeness (QED) is 0.0447. The molecule has 0 aromatic carbocycles. The van der Waals surface area contributed by atoms with Gasteiger partial charge < -0.3 is 20.6 Å². The van der Waals surface area contributed by atoms with Gasteiger partial charge in [0, 0.05) is 0 Å². The largest absolute Gasteiger partial charge is 0.394 e. The monoisotopic (exact) mass is 618 g/mol. The molecule has 44 heavy (non-hydrogen) atoms. The first-order valence-electron chi connectivity index (χ1n) is 18.4. The van der Waals surface area contributed by atoms with Gasteiger partial charge in [0.05, 0.1) is 31.3 Å². The van der Waals surface area contributed by atoms with E-state index in [0.29, 0.717) is 6.42 Å². The molecule has 0 radical (unpaired) electrons. The highest BCUT2D eigenvalue weighted by Gasteiger charge is 2.19. The van der Waals surface area contributed by atoms with Crippen molar-refractivity contribution >= 4 is 5.91 Å². The summed E-state index contributed by atoms with van der Waals surface area (Å²) >= 11 is 0. The van der Waals surface area contributed by atoms with Crippen molar-refractivity contribution < 1.29 is 20.1 Å². The van der Waals surface area contributed by atoms with Gasteiger partial charge in [-0.15, -0.1) is 0 Å². The summed E-state index contributed by atoms with van der Waals surface area (Å²) < 4.78 is 0. The Hall–Kier alpha value is -1.69. The van der Waals surface area contributed by atoms with Crippen molar-refractivity contribution in [2.45, 2.75) is 186 Å². The number of allylic oxidation sites excluding steroid dienone is 7. The summed E-state index contributed by atoms with van der Waals surface area (Å²) in [5, 5.41) is 32.9. The Morgan fingerprint density at radius 3 is 1.45 bits per heavy atom. The van der Waals surface area contributed by atoms with Crippen molar-refractivity contribution in [3.8, 4) is 0 Å². The minimum atomic E-state index is -0.965. The van der Waals surface area contributed by atoms with Gasteiger partial charge in [-0.2, -0.15) is 0 Å². The van der Waals surface area contributed by atoms with Crippen molar-refractivity contribution in [1.82, 2.24) is 5.32 Å². The minimum Gasteiger partial charge on any atom is -0.394 e. The van der Waals surface area contributed by atoms with E-state index in [-0.39, 0.29) is 18.9 Å². The van der Waals surface area contributed by atoms with E-state index in [1.807, 2.05) is 6.08 Å². The normalized spacial score (nSPS) is 14.4. The van der Waals surface area contributed by atoms with Gasteiger partial charge in [-0.25, -0.2) is 0 Å². The van der Waals surface area contributed by atoms with Crippen LogP contribution in [0.15, 0.2) is 48.6 Å². The first-order chi connectivity index (χ1) is 21.5. The van der Waals surface area contributed by atoms with Crippen LogP contribution in [0, 0.1) is 0 Å². The summed E-state index contributed by atoms with van der Waals surface area (Å²) in [6, 6.07) is -0.774. The van der Waals surface area contributed by atoms with Crippen LogP contribution in [-0.4, -0.2) is 46.1 Å². The molecule has 0 aliphatic heterocycles. The van der Waals surface area contributed by atoms with Gasteiger partial charge in [-0.3, -0.25) is 4.79 Å². The standard InChI is InChI=1S/C39H71NO4/c1-3-5-7-9-11-13-15-16-17-18-19-20-21-23-25-27-29-31-33-38(43)37(35-41)40-39(44)34-36(42)32-30-28-26-24-22-14-12-10-8-6-4-2/h18-19,23-26,31,33,36-38,41-43H,3-17,20-22,27-30,32,34-35H2,1-2H3,(H,40,44)/b19-18+,25-23+,26-24-,33-31+. The highest BCUT2D eigenvalue weighted by atomic mass is 16.3. The molecular formula is C39H71NO4. The highest BCUT2D eigenvalue weighted by molar-refractivity contribution is 5.76. The predicted octanol–water partition coefficient (Wildman–Crippen LogP) is 9.81. The number of carbonyl (C=O) groups is 1. The van der Waals surface area contributed by atoms with E-state index in [1.54, 1.807) is 6.08 Å². The summed E-state index contributed by atoms with van der Waals surface area (Å²) in [5.41, 5.74) is 0. The maximum Gasteiger partial charge on any atom is 0.222 e. The number of hydrogen-bond donors (Lipinski definition) is 4. The van der Waals surface area contributed by atoms with Gasteiger partial charge in [-0.1, -0.05) is 140 Å². The van der Waals surface area contributed by atoms with E-state index >= 15 is 0 Å². The predicted molar refractivity (Wildman–Crippen MR) is 190 cm³/mol. The summed E-state index contributed by atoms with van der Waals surface area (Å²) in [6.07, 6.45) is 42.4. The van der Waals surface area contributed by atoms with Gasteiger partial charge in [-0.05, 0) is 70.6 Å². The molecule has 0 saturated carbocycles. The zero-order chi connectivity index (χ0) is 32.4. The van der Waals surface area contributed by atoms with E-state index in [0.717, 1.165) is 44.9 Å². The van der Waals surface area contributed by atoms with Crippen LogP contribution in [0.3, 0.4) is 0 Å². The number of rotatable bonds is 32. The molecule has 0 aliphatic rings. The average Bonchev–Trinajstić information content (AvgIpc) is 3.01. The molecule has 3 unspecified atom stereocenters. The molecule has 0 bridgehead atoms. The second-order valence-corrected chi connectivity index (χ2v) is 12.5. The SMILES string of the molecule is CCCCCCCC/C=C\CCCC(O)CC(=O)NC(CO)C(O)/C=C/CC/C=C/CC/C=C/CCCCCCCCCC. The van der Waals surface area contributed by atoms with Crippen molar-refractivity contribution in [2.24, 2.45) is 0 Å². The van der Waals surface area contributed by atoms with E-state index < -0.39 is 18.2 Å². The lowest BCUT2D eigenvalue weighted by molar-refractivity contribution is -0.124. The van der Waals surface area contributed by atoms with Crippen LogP contribution in [0.1, 0.15) is 168 Å². The number of hydrogen-bond acceptors (Lipinski definition) is 4. The number of aliphatic hydroxyl groups is 3. The van der Waals surface area contributed by atoms with Crippen LogP contribution < -0.4 is 5.32 Å². The number of amides is 1. The van der Waals surface area contributed by atoms with Crippen molar-refractivity contribution in [1.29, 1.82) is 0 Å². The summed E-state index contributed by atoms with van der Waals surface area (Å²) in [7, 11) is 0. The number of aliphatic hydroxyl groups excluding tert-OH is 3. The summed E-state index contributed by atoms with van der Waals surface area (Å²) in [4.78, 5) is 12.3. The van der Waals surface area contributed by atoms with Crippen LogP contribution in [0.5, 0.6) is 0 Å². The van der Waals surface area contributed by atoms with Gasteiger partial charge in [0.15, 0.2) is 0 Å². The number of unbranched alkanes of at least 4 members (excludes halogenated alkanes) is 17. The third-order valence-corrected chi connectivity index (χ3v) is 8.07. The Morgan fingerprint density at radius 1 is 0.568 bits per heavy atom. The smallest absolute Gasteiger partial charge is 0.222 e. The van der Waals surface area contributed by atoms with Crippen LogP contribution >= 0.6 is 0 Å². The lowest BCUT2D eigenvalue weighted by atomic mass is 10.1. The zero-order valence-electron chi connectivity index (χ0n) is 28.8. The number of nitrogens with one attached hydrogen (secondary N) is 1. The molecule has 0 rings (SSSR count). The first-order valence-corrected chi connectivity index (χ1v) is 18.4. The average molecular weight is 618 g/mol. The topological polar surface area (TPSA) is 89.8 Å². The highest BCUT2D eigenvalue weighted by Crippen LogP contribution is 2.11. The molecule has 0 aromatic rings. The molecule has 0 fully saturated rings. The van der Waals surface area contributed by atoms with E-state index in [2.05, 4.69) is 55.6 Å². The van der Waals surface area contributed by atoms with E-state index in [9.17, 15) is 20.1 Å². The second kappa shape index (κ2) is 34.2. The van der Waals surface area contributed by atoms with Crippen molar-refractivity contribution in [3.05, 3.63) is 48.6 Å². The Labute approximate surface area is 272 Å². The van der Waals surface area contributed by atoms with Crippen LogP contribution in [0.2, 0.25) is 0 Å². The van der Waals surface area contributed by atoms with Gasteiger partial charge in [0.25, 0.3) is 0 Å². The summed E-state index contributed by atoms with van der Waals surface area (Å²) in [6.45, 7) is 4.14. The number of carbonyl (C=O) groups excluding carboxylic acids is 1. The van der Waals surface area contributed by atoms with Crippen LogP contribution in [0.25, 0.3) is 0 Å². The maximum absolute atomic E-state index is 12.3. The Bertz CT molecular complexity index is 730. The van der Waals surface area contributed by atoms with Gasteiger partial charge in [0.2, 0.25) is 5.91 Å². The first kappa shape index (κ1) is 42.3. The molecular weight excluding hydrogens is 546 g/mol. The van der Waals surface area contributed by atoms with E-state index in [1.165, 1.54) is 96.3 Å². The molecule has 4 N–H and O–H groups in total. The molecule has 3 atom stereocenters.